The fourth-order valence-electron chi connectivity index (χ4n) is 3.30. The molecule has 2 aliphatic rings. The second kappa shape index (κ2) is 4.16. The predicted octanol–water partition coefficient (Wildman–Crippen LogP) is 3.21. The van der Waals surface area contributed by atoms with Crippen LogP contribution in [0.3, 0.4) is 0 Å². The lowest BCUT2D eigenvalue weighted by atomic mass is 9.95. The lowest BCUT2D eigenvalue weighted by Crippen LogP contribution is -2.16. The van der Waals surface area contributed by atoms with E-state index in [2.05, 4.69) is 24.5 Å². The van der Waals surface area contributed by atoms with Gasteiger partial charge in [0.1, 0.15) is 0 Å². The van der Waals surface area contributed by atoms with E-state index in [1.54, 1.807) is 0 Å². The summed E-state index contributed by atoms with van der Waals surface area (Å²) in [5.74, 6) is 1.75. The first kappa shape index (κ1) is 11.3. The van der Waals surface area contributed by atoms with Gasteiger partial charge in [-0.15, -0.1) is 0 Å². The molecule has 0 spiro atoms. The Balaban J connectivity index is 1.87. The van der Waals surface area contributed by atoms with Crippen molar-refractivity contribution in [3.05, 3.63) is 23.0 Å². The highest BCUT2D eigenvalue weighted by atomic mass is 16.3. The molecule has 1 N–H and O–H groups in total. The molecule has 2 nitrogen and oxygen atoms in total. The molecule has 1 fully saturated rings. The Kier molecular flexibility index (Phi) is 2.78. The highest BCUT2D eigenvalue weighted by Crippen LogP contribution is 2.39. The van der Waals surface area contributed by atoms with Crippen LogP contribution in [-0.4, -0.2) is 9.67 Å². The quantitative estimate of drug-likeness (QED) is 0.852. The summed E-state index contributed by atoms with van der Waals surface area (Å²) in [5, 5.41) is 10.0. The van der Waals surface area contributed by atoms with Crippen LogP contribution in [-0.2, 0) is 13.0 Å². The van der Waals surface area contributed by atoms with Crippen LogP contribution in [0.2, 0.25) is 0 Å². The van der Waals surface area contributed by atoms with E-state index in [0.29, 0.717) is 0 Å². The summed E-state index contributed by atoms with van der Waals surface area (Å²) >= 11 is 0. The van der Waals surface area contributed by atoms with E-state index in [0.717, 1.165) is 37.6 Å². The number of aliphatic hydroxyl groups is 1. The first-order valence-electron chi connectivity index (χ1n) is 7.03. The van der Waals surface area contributed by atoms with Gasteiger partial charge in [0, 0.05) is 23.5 Å². The van der Waals surface area contributed by atoms with E-state index in [9.17, 15) is 5.11 Å². The Labute approximate surface area is 104 Å². The van der Waals surface area contributed by atoms with Crippen LogP contribution in [0.15, 0.2) is 6.07 Å². The largest absolute Gasteiger partial charge is 0.388 e. The first-order valence-corrected chi connectivity index (χ1v) is 7.03. The van der Waals surface area contributed by atoms with Crippen LogP contribution in [0.25, 0.3) is 0 Å². The molecule has 0 aliphatic heterocycles. The Morgan fingerprint density at radius 2 is 2.18 bits per heavy atom. The summed E-state index contributed by atoms with van der Waals surface area (Å²) in [5.41, 5.74) is 3.95. The third-order valence-corrected chi connectivity index (χ3v) is 4.60. The monoisotopic (exact) mass is 233 g/mol. The number of aryl methyl sites for hydroxylation is 1. The lowest BCUT2D eigenvalue weighted by molar-refractivity contribution is 0.155. The molecule has 0 amide bonds. The van der Waals surface area contributed by atoms with Crippen molar-refractivity contribution in [2.24, 2.45) is 11.8 Å². The minimum absolute atomic E-state index is 0.213. The van der Waals surface area contributed by atoms with E-state index in [1.807, 2.05) is 0 Å². The van der Waals surface area contributed by atoms with E-state index in [-0.39, 0.29) is 6.10 Å². The van der Waals surface area contributed by atoms with Crippen molar-refractivity contribution in [1.82, 2.24) is 4.57 Å². The molecule has 2 heteroatoms. The van der Waals surface area contributed by atoms with Gasteiger partial charge in [0.05, 0.1) is 6.10 Å². The van der Waals surface area contributed by atoms with Crippen molar-refractivity contribution in [2.75, 3.05) is 0 Å². The highest BCUT2D eigenvalue weighted by Gasteiger charge is 2.30. The number of nitrogens with zero attached hydrogens (tertiary/aromatic N) is 1. The topological polar surface area (TPSA) is 25.2 Å². The van der Waals surface area contributed by atoms with Crippen LogP contribution in [0.1, 0.15) is 55.7 Å². The normalized spacial score (nSPS) is 25.7. The van der Waals surface area contributed by atoms with Gasteiger partial charge in [0.2, 0.25) is 0 Å². The van der Waals surface area contributed by atoms with Gasteiger partial charge < -0.3 is 9.67 Å². The first-order chi connectivity index (χ1) is 8.16. The van der Waals surface area contributed by atoms with Gasteiger partial charge in [0.25, 0.3) is 0 Å². The van der Waals surface area contributed by atoms with E-state index >= 15 is 0 Å². The molecule has 94 valence electrons. The number of hydrogen-bond donors (Lipinski definition) is 1. The van der Waals surface area contributed by atoms with Gasteiger partial charge in [-0.05, 0) is 56.9 Å². The second-order valence-corrected chi connectivity index (χ2v) is 6.02. The Morgan fingerprint density at radius 1 is 1.41 bits per heavy atom. The zero-order chi connectivity index (χ0) is 12.0. The third kappa shape index (κ3) is 2.03. The third-order valence-electron chi connectivity index (χ3n) is 4.60. The average Bonchev–Trinajstić information content (AvgIpc) is 3.08. The van der Waals surface area contributed by atoms with Crippen LogP contribution >= 0.6 is 0 Å². The molecule has 2 aliphatic carbocycles. The van der Waals surface area contributed by atoms with Crippen molar-refractivity contribution in [1.29, 1.82) is 0 Å². The zero-order valence-corrected chi connectivity index (χ0v) is 10.9. The number of aromatic nitrogens is 1. The fraction of sp³-hybridized carbons (Fsp3) is 0.733. The molecule has 1 aromatic rings. The van der Waals surface area contributed by atoms with E-state index in [4.69, 9.17) is 0 Å². The number of hydrogen-bond acceptors (Lipinski definition) is 1. The van der Waals surface area contributed by atoms with E-state index < -0.39 is 0 Å². The maximum absolute atomic E-state index is 10.0. The van der Waals surface area contributed by atoms with Crippen molar-refractivity contribution >= 4 is 0 Å². The van der Waals surface area contributed by atoms with Crippen LogP contribution < -0.4 is 0 Å². The molecule has 1 aromatic heterocycles. The van der Waals surface area contributed by atoms with E-state index in [1.165, 1.54) is 29.8 Å². The van der Waals surface area contributed by atoms with Gasteiger partial charge >= 0.3 is 0 Å². The molecule has 3 rings (SSSR count). The predicted molar refractivity (Wildman–Crippen MR) is 69.0 cm³/mol. The molecule has 0 bridgehead atoms. The summed E-state index contributed by atoms with van der Waals surface area (Å²) in [6.45, 7) is 5.71. The second-order valence-electron chi connectivity index (χ2n) is 6.02. The molecule has 2 unspecified atom stereocenters. The summed E-state index contributed by atoms with van der Waals surface area (Å²) in [6, 6.07) is 2.21. The molecular formula is C15H23NO. The van der Waals surface area contributed by atoms with Gasteiger partial charge in [0.15, 0.2) is 0 Å². The highest BCUT2D eigenvalue weighted by molar-refractivity contribution is 5.31. The summed E-state index contributed by atoms with van der Waals surface area (Å²) < 4.78 is 2.47. The lowest BCUT2D eigenvalue weighted by Gasteiger charge is -2.22. The van der Waals surface area contributed by atoms with Crippen LogP contribution in [0.5, 0.6) is 0 Å². The maximum Gasteiger partial charge on any atom is 0.0807 e. The van der Waals surface area contributed by atoms with Gasteiger partial charge in [-0.3, -0.25) is 0 Å². The number of rotatable bonds is 3. The molecule has 17 heavy (non-hydrogen) atoms. The minimum Gasteiger partial charge on any atom is -0.388 e. The molecule has 1 saturated carbocycles. The van der Waals surface area contributed by atoms with Gasteiger partial charge in [-0.1, -0.05) is 6.92 Å². The standard InChI is InChI=1S/C15H23NO/c1-10(12-6-7-12)9-16-11(2)8-13-14(16)4-3-5-15(13)17/h8,10,12,15,17H,3-7,9H2,1-2H3. The Morgan fingerprint density at radius 3 is 2.88 bits per heavy atom. The van der Waals surface area contributed by atoms with Gasteiger partial charge in [-0.25, -0.2) is 0 Å². The van der Waals surface area contributed by atoms with Crippen molar-refractivity contribution in [2.45, 2.75) is 58.6 Å². The minimum atomic E-state index is -0.213. The van der Waals surface area contributed by atoms with Gasteiger partial charge in [-0.2, -0.15) is 0 Å². The summed E-state index contributed by atoms with van der Waals surface area (Å²) in [7, 11) is 0. The Bertz CT molecular complexity index is 417. The molecule has 2 atom stereocenters. The number of aliphatic hydroxyl groups excluding tert-OH is 1. The average molecular weight is 233 g/mol. The van der Waals surface area contributed by atoms with Crippen molar-refractivity contribution < 1.29 is 5.11 Å². The fourth-order valence-corrected chi connectivity index (χ4v) is 3.30. The zero-order valence-electron chi connectivity index (χ0n) is 10.9. The van der Waals surface area contributed by atoms with Crippen LogP contribution in [0.4, 0.5) is 0 Å². The van der Waals surface area contributed by atoms with Crippen LogP contribution in [0, 0.1) is 18.8 Å². The van der Waals surface area contributed by atoms with Crippen molar-refractivity contribution in [3.63, 3.8) is 0 Å². The Hall–Kier alpha value is -0.760. The molecule has 1 heterocycles. The summed E-state index contributed by atoms with van der Waals surface area (Å²) in [4.78, 5) is 0. The molecule has 0 radical (unpaired) electrons. The summed E-state index contributed by atoms with van der Waals surface area (Å²) in [6.07, 6.45) is 5.86. The SMILES string of the molecule is Cc1cc2c(n1CC(C)C1CC1)CCCC2O. The molecular weight excluding hydrogens is 210 g/mol. The number of fused-ring (bicyclic) bond motifs is 1. The molecule has 0 saturated heterocycles. The van der Waals surface area contributed by atoms with Crippen molar-refractivity contribution in [3.8, 4) is 0 Å². The molecule has 0 aromatic carbocycles. The smallest absolute Gasteiger partial charge is 0.0807 e. The maximum atomic E-state index is 10.0.